The Kier molecular flexibility index (Phi) is 5.23. The monoisotopic (exact) mass is 381 g/mol. The van der Waals surface area contributed by atoms with Gasteiger partial charge in [-0.3, -0.25) is 9.48 Å². The third-order valence-corrected chi connectivity index (χ3v) is 5.01. The van der Waals surface area contributed by atoms with Gasteiger partial charge in [-0.2, -0.15) is 5.10 Å². The first kappa shape index (κ1) is 17.8. The molecule has 0 saturated carbocycles. The molecule has 27 heavy (non-hydrogen) atoms. The van der Waals surface area contributed by atoms with Crippen LogP contribution in [0.15, 0.2) is 73.1 Å². The zero-order valence-electron chi connectivity index (χ0n) is 14.7. The number of rotatable bonds is 4. The predicted octanol–water partition coefficient (Wildman–Crippen LogP) is 3.73. The summed E-state index contributed by atoms with van der Waals surface area (Å²) in [7, 11) is 0. The fourth-order valence-electron chi connectivity index (χ4n) is 3.38. The number of morpholine rings is 1. The maximum atomic E-state index is 13.4. The van der Waals surface area contributed by atoms with Crippen LogP contribution in [0.5, 0.6) is 0 Å². The first-order valence-electron chi connectivity index (χ1n) is 8.92. The zero-order chi connectivity index (χ0) is 18.6. The molecule has 2 aromatic carbocycles. The molecule has 0 N–H and O–H groups in total. The van der Waals surface area contributed by atoms with E-state index in [4.69, 9.17) is 16.3 Å². The number of amides is 1. The highest BCUT2D eigenvalue weighted by Crippen LogP contribution is 2.27. The SMILES string of the molecule is O=C(C(c1ccccc1)n1cccn1)N1CCOC(c2ccc(Cl)cc2)C1. The van der Waals surface area contributed by atoms with Gasteiger partial charge < -0.3 is 9.64 Å². The summed E-state index contributed by atoms with van der Waals surface area (Å²) >= 11 is 5.98. The van der Waals surface area contributed by atoms with Gasteiger partial charge in [0.1, 0.15) is 6.10 Å². The number of halogens is 1. The van der Waals surface area contributed by atoms with E-state index in [0.29, 0.717) is 24.7 Å². The Bertz CT molecular complexity index is 882. The summed E-state index contributed by atoms with van der Waals surface area (Å²) in [4.78, 5) is 15.3. The summed E-state index contributed by atoms with van der Waals surface area (Å²) in [5, 5.41) is 5.00. The van der Waals surface area contributed by atoms with Gasteiger partial charge in [-0.15, -0.1) is 0 Å². The lowest BCUT2D eigenvalue weighted by Gasteiger charge is -2.35. The van der Waals surface area contributed by atoms with Crippen LogP contribution in [0.1, 0.15) is 23.3 Å². The highest BCUT2D eigenvalue weighted by molar-refractivity contribution is 6.30. The second kappa shape index (κ2) is 7.94. The van der Waals surface area contributed by atoms with E-state index < -0.39 is 6.04 Å². The first-order chi connectivity index (χ1) is 13.2. The Morgan fingerprint density at radius 3 is 2.59 bits per heavy atom. The molecular formula is C21H20ClN3O2. The lowest BCUT2D eigenvalue weighted by molar-refractivity contribution is -0.141. The highest BCUT2D eigenvalue weighted by atomic mass is 35.5. The maximum Gasteiger partial charge on any atom is 0.252 e. The molecule has 6 heteroatoms. The average Bonchev–Trinajstić information content (AvgIpc) is 3.24. The fraction of sp³-hybridized carbons (Fsp3) is 0.238. The van der Waals surface area contributed by atoms with E-state index in [2.05, 4.69) is 5.10 Å². The lowest BCUT2D eigenvalue weighted by Crippen LogP contribution is -2.45. The molecule has 1 fully saturated rings. The molecule has 1 aromatic heterocycles. The van der Waals surface area contributed by atoms with Crippen LogP contribution in [0.2, 0.25) is 5.02 Å². The van der Waals surface area contributed by atoms with E-state index in [1.165, 1.54) is 0 Å². The Balaban J connectivity index is 1.58. The van der Waals surface area contributed by atoms with Crippen LogP contribution in [0.4, 0.5) is 0 Å². The van der Waals surface area contributed by atoms with Crippen LogP contribution in [0, 0.1) is 0 Å². The second-order valence-corrected chi connectivity index (χ2v) is 6.93. The Labute approximate surface area is 163 Å². The summed E-state index contributed by atoms with van der Waals surface area (Å²) in [6.07, 6.45) is 3.36. The molecule has 4 rings (SSSR count). The number of ether oxygens (including phenoxy) is 1. The zero-order valence-corrected chi connectivity index (χ0v) is 15.5. The molecule has 5 nitrogen and oxygen atoms in total. The fourth-order valence-corrected chi connectivity index (χ4v) is 3.50. The van der Waals surface area contributed by atoms with Crippen molar-refractivity contribution in [1.29, 1.82) is 0 Å². The lowest BCUT2D eigenvalue weighted by atomic mass is 10.0. The molecular weight excluding hydrogens is 362 g/mol. The smallest absolute Gasteiger partial charge is 0.252 e. The molecule has 2 heterocycles. The first-order valence-corrected chi connectivity index (χ1v) is 9.30. The Hall–Kier alpha value is -2.63. The van der Waals surface area contributed by atoms with E-state index in [-0.39, 0.29) is 12.0 Å². The van der Waals surface area contributed by atoms with Crippen molar-refractivity contribution < 1.29 is 9.53 Å². The molecule has 0 spiro atoms. The Morgan fingerprint density at radius 2 is 1.89 bits per heavy atom. The molecule has 0 radical (unpaired) electrons. The van der Waals surface area contributed by atoms with Crippen LogP contribution < -0.4 is 0 Å². The molecule has 1 amide bonds. The van der Waals surface area contributed by atoms with Crippen molar-refractivity contribution in [3.05, 3.63) is 89.2 Å². The minimum absolute atomic E-state index is 0.0205. The van der Waals surface area contributed by atoms with Crippen LogP contribution in [0.3, 0.4) is 0 Å². The molecule has 0 aliphatic carbocycles. The number of carbonyl (C=O) groups excluding carboxylic acids is 1. The van der Waals surface area contributed by atoms with Gasteiger partial charge in [-0.1, -0.05) is 54.1 Å². The van der Waals surface area contributed by atoms with E-state index in [1.807, 2.05) is 71.8 Å². The standard InChI is InChI=1S/C21H20ClN3O2/c22-18-9-7-16(8-10-18)19-15-24(13-14-27-19)21(26)20(25-12-4-11-23-25)17-5-2-1-3-6-17/h1-12,19-20H,13-15H2. The van der Waals surface area contributed by atoms with Crippen molar-refractivity contribution in [2.24, 2.45) is 0 Å². The van der Waals surface area contributed by atoms with E-state index in [1.54, 1.807) is 10.9 Å². The van der Waals surface area contributed by atoms with Gasteiger partial charge in [-0.05, 0) is 29.3 Å². The summed E-state index contributed by atoms with van der Waals surface area (Å²) < 4.78 is 7.61. The van der Waals surface area contributed by atoms with Crippen molar-refractivity contribution in [2.45, 2.75) is 12.1 Å². The molecule has 1 aliphatic rings. The average molecular weight is 382 g/mol. The van der Waals surface area contributed by atoms with Crippen LogP contribution in [-0.2, 0) is 9.53 Å². The van der Waals surface area contributed by atoms with Crippen molar-refractivity contribution in [3.8, 4) is 0 Å². The number of carbonyl (C=O) groups is 1. The molecule has 2 atom stereocenters. The van der Waals surface area contributed by atoms with Gasteiger partial charge in [0.05, 0.1) is 13.2 Å². The maximum absolute atomic E-state index is 13.4. The van der Waals surface area contributed by atoms with Crippen molar-refractivity contribution >= 4 is 17.5 Å². The van der Waals surface area contributed by atoms with Gasteiger partial charge in [-0.25, -0.2) is 0 Å². The highest BCUT2D eigenvalue weighted by Gasteiger charge is 2.32. The quantitative estimate of drug-likeness (QED) is 0.691. The molecule has 1 aliphatic heterocycles. The third kappa shape index (κ3) is 3.89. The number of benzene rings is 2. The number of hydrogen-bond acceptors (Lipinski definition) is 3. The topological polar surface area (TPSA) is 47.4 Å². The molecule has 1 saturated heterocycles. The third-order valence-electron chi connectivity index (χ3n) is 4.76. The summed E-state index contributed by atoms with van der Waals surface area (Å²) in [5.74, 6) is 0.0205. The van der Waals surface area contributed by atoms with Crippen LogP contribution in [0.25, 0.3) is 0 Å². The minimum atomic E-state index is -0.481. The summed E-state index contributed by atoms with van der Waals surface area (Å²) in [5.41, 5.74) is 1.94. The number of hydrogen-bond donors (Lipinski definition) is 0. The minimum Gasteiger partial charge on any atom is -0.370 e. The van der Waals surface area contributed by atoms with Crippen molar-refractivity contribution in [3.63, 3.8) is 0 Å². The molecule has 138 valence electrons. The van der Waals surface area contributed by atoms with E-state index >= 15 is 0 Å². The van der Waals surface area contributed by atoms with Gasteiger partial charge >= 0.3 is 0 Å². The largest absolute Gasteiger partial charge is 0.370 e. The molecule has 2 unspecified atom stereocenters. The van der Waals surface area contributed by atoms with Crippen LogP contribution >= 0.6 is 11.6 Å². The Morgan fingerprint density at radius 1 is 1.11 bits per heavy atom. The second-order valence-electron chi connectivity index (χ2n) is 6.49. The van der Waals surface area contributed by atoms with E-state index in [0.717, 1.165) is 11.1 Å². The van der Waals surface area contributed by atoms with Crippen molar-refractivity contribution in [1.82, 2.24) is 14.7 Å². The normalized spacial score (nSPS) is 18.3. The summed E-state index contributed by atoms with van der Waals surface area (Å²) in [6.45, 7) is 1.57. The summed E-state index contributed by atoms with van der Waals surface area (Å²) in [6, 6.07) is 18.7. The predicted molar refractivity (Wildman–Crippen MR) is 104 cm³/mol. The van der Waals surface area contributed by atoms with Gasteiger partial charge in [0, 0.05) is 24.0 Å². The van der Waals surface area contributed by atoms with Gasteiger partial charge in [0.2, 0.25) is 0 Å². The number of aromatic nitrogens is 2. The van der Waals surface area contributed by atoms with Crippen LogP contribution in [-0.4, -0.2) is 40.3 Å². The molecule has 0 bridgehead atoms. The molecule has 3 aromatic rings. The van der Waals surface area contributed by atoms with Gasteiger partial charge in [0.25, 0.3) is 5.91 Å². The van der Waals surface area contributed by atoms with E-state index in [9.17, 15) is 4.79 Å². The van der Waals surface area contributed by atoms with Gasteiger partial charge in [0.15, 0.2) is 6.04 Å². The van der Waals surface area contributed by atoms with Crippen molar-refractivity contribution in [2.75, 3.05) is 19.7 Å². The number of nitrogens with zero attached hydrogens (tertiary/aromatic N) is 3.